The number of benzene rings is 2. The molecule has 3 heterocycles. The molecule has 0 bridgehead atoms. The molecule has 2 aromatic heterocycles. The predicted octanol–water partition coefficient (Wildman–Crippen LogP) is 4.52. The van der Waals surface area contributed by atoms with E-state index >= 15 is 0 Å². The molecule has 1 aliphatic rings. The molecule has 4 aromatic rings. The van der Waals surface area contributed by atoms with Gasteiger partial charge in [-0.05, 0) is 88.0 Å². The van der Waals surface area contributed by atoms with E-state index in [9.17, 15) is 4.79 Å². The normalized spacial score (nSPS) is 14.6. The molecule has 38 heavy (non-hydrogen) atoms. The Morgan fingerprint density at radius 1 is 1.11 bits per heavy atom. The van der Waals surface area contributed by atoms with Crippen molar-refractivity contribution in [2.75, 3.05) is 32.1 Å². The van der Waals surface area contributed by atoms with Crippen molar-refractivity contribution in [3.8, 4) is 22.4 Å². The van der Waals surface area contributed by atoms with E-state index in [1.54, 1.807) is 4.68 Å². The van der Waals surface area contributed by atoms with E-state index in [4.69, 9.17) is 5.10 Å². The second-order valence-electron chi connectivity index (χ2n) is 10.5. The fraction of sp³-hybridized carbons (Fsp3) is 0.367. The molecule has 1 fully saturated rings. The molecule has 8 heteroatoms. The van der Waals surface area contributed by atoms with Crippen LogP contribution in [0.5, 0.6) is 0 Å². The number of anilines is 1. The maximum atomic E-state index is 13.5. The number of carbonyl (C=O) groups excluding carboxylic acids is 1. The molecule has 5 rings (SSSR count). The Hall–Kier alpha value is -3.91. The number of aromatic nitrogens is 4. The number of carbonyl (C=O) groups is 1. The Labute approximate surface area is 224 Å². The quantitative estimate of drug-likeness (QED) is 0.377. The van der Waals surface area contributed by atoms with Gasteiger partial charge in [0.15, 0.2) is 0 Å². The maximum Gasteiger partial charge on any atom is 0.252 e. The molecule has 1 saturated heterocycles. The summed E-state index contributed by atoms with van der Waals surface area (Å²) < 4.78 is 3.72. The number of hydrogen-bond acceptors (Lipinski definition) is 5. The highest BCUT2D eigenvalue weighted by Gasteiger charge is 2.29. The molecule has 1 amide bonds. The molecule has 1 aliphatic heterocycles. The number of likely N-dealkylation sites (N-methyl/N-ethyl adjacent to an activating group) is 1. The Kier molecular flexibility index (Phi) is 7.08. The van der Waals surface area contributed by atoms with Gasteiger partial charge in [-0.2, -0.15) is 10.2 Å². The summed E-state index contributed by atoms with van der Waals surface area (Å²) in [5.74, 6) is -0.0647. The monoisotopic (exact) mass is 511 g/mol. The molecule has 0 unspecified atom stereocenters. The minimum atomic E-state index is -0.198. The lowest BCUT2D eigenvalue weighted by atomic mass is 9.96. The van der Waals surface area contributed by atoms with Gasteiger partial charge in [0, 0.05) is 67.5 Å². The summed E-state index contributed by atoms with van der Waals surface area (Å²) in [6.07, 6.45) is 5.86. The Morgan fingerprint density at radius 3 is 2.53 bits per heavy atom. The van der Waals surface area contributed by atoms with Gasteiger partial charge in [-0.3, -0.25) is 14.2 Å². The van der Waals surface area contributed by atoms with Crippen LogP contribution < -0.4 is 10.2 Å². The molecule has 0 spiro atoms. The highest BCUT2D eigenvalue weighted by molar-refractivity contribution is 5.97. The number of nitrogens with zero attached hydrogens (tertiary/aromatic N) is 6. The van der Waals surface area contributed by atoms with Gasteiger partial charge in [-0.1, -0.05) is 6.07 Å². The number of nitrogens with one attached hydrogen (secondary N) is 1. The van der Waals surface area contributed by atoms with Crippen molar-refractivity contribution in [1.82, 2.24) is 29.8 Å². The van der Waals surface area contributed by atoms with Gasteiger partial charge in [0.25, 0.3) is 5.91 Å². The van der Waals surface area contributed by atoms with Crippen LogP contribution in [0.15, 0.2) is 61.1 Å². The first-order chi connectivity index (χ1) is 18.2. The molecular formula is C30H37N7O. The first kappa shape index (κ1) is 25.7. The number of amides is 1. The van der Waals surface area contributed by atoms with E-state index in [-0.39, 0.29) is 11.9 Å². The Balaban J connectivity index is 1.41. The summed E-state index contributed by atoms with van der Waals surface area (Å²) in [6.45, 7) is 8.87. The van der Waals surface area contributed by atoms with E-state index in [1.165, 1.54) is 0 Å². The summed E-state index contributed by atoms with van der Waals surface area (Å²) in [6, 6.07) is 15.0. The number of hydrogen-bond donors (Lipinski definition) is 1. The van der Waals surface area contributed by atoms with Crippen molar-refractivity contribution in [2.24, 2.45) is 7.05 Å². The van der Waals surface area contributed by atoms with Crippen LogP contribution in [0.4, 0.5) is 5.69 Å². The molecular weight excluding hydrogens is 474 g/mol. The van der Waals surface area contributed by atoms with E-state index < -0.39 is 0 Å². The topological polar surface area (TPSA) is 71.2 Å². The molecule has 198 valence electrons. The van der Waals surface area contributed by atoms with Gasteiger partial charge in [-0.15, -0.1) is 0 Å². The van der Waals surface area contributed by atoms with Crippen LogP contribution in [0.3, 0.4) is 0 Å². The molecule has 2 aromatic carbocycles. The number of aryl methyl sites for hydroxylation is 3. The average molecular weight is 512 g/mol. The van der Waals surface area contributed by atoms with Gasteiger partial charge in [0.05, 0.1) is 17.9 Å². The van der Waals surface area contributed by atoms with Gasteiger partial charge in [0.2, 0.25) is 0 Å². The van der Waals surface area contributed by atoms with Crippen LogP contribution in [0.25, 0.3) is 22.4 Å². The van der Waals surface area contributed by atoms with Crippen molar-refractivity contribution in [1.29, 1.82) is 0 Å². The van der Waals surface area contributed by atoms with E-state index in [1.807, 2.05) is 62.4 Å². The summed E-state index contributed by atoms with van der Waals surface area (Å²) in [5.41, 5.74) is 7.80. The van der Waals surface area contributed by atoms with E-state index in [0.29, 0.717) is 11.6 Å². The third kappa shape index (κ3) is 5.22. The zero-order valence-electron chi connectivity index (χ0n) is 23.1. The van der Waals surface area contributed by atoms with Crippen molar-refractivity contribution in [2.45, 2.75) is 39.4 Å². The summed E-state index contributed by atoms with van der Waals surface area (Å²) in [5, 5.41) is 12.3. The Morgan fingerprint density at radius 2 is 1.87 bits per heavy atom. The van der Waals surface area contributed by atoms with E-state index in [2.05, 4.69) is 65.5 Å². The third-order valence-corrected chi connectivity index (χ3v) is 7.53. The molecule has 1 atom stereocenters. The zero-order valence-corrected chi connectivity index (χ0v) is 23.1. The predicted molar refractivity (Wildman–Crippen MR) is 152 cm³/mol. The molecule has 1 N–H and O–H groups in total. The second kappa shape index (κ2) is 10.5. The van der Waals surface area contributed by atoms with Crippen LogP contribution >= 0.6 is 0 Å². The maximum absolute atomic E-state index is 13.5. The standard InChI is InChI=1S/C30H37N7O/c1-7-37-11-10-29(33-37)24-13-22(12-23(14-24)25-16-31-35(6)17-25)21(3)32-30(38)28-15-26(9-8-20(28)2)36-18-27(19-36)34(4)5/h8-17,21,27H,7,18-19H2,1-6H3,(H,32,38)/t21-/m1/s1. The minimum Gasteiger partial charge on any atom is -0.368 e. The molecule has 0 aliphatic carbocycles. The van der Waals surface area contributed by atoms with Crippen molar-refractivity contribution in [3.05, 3.63) is 77.7 Å². The fourth-order valence-corrected chi connectivity index (χ4v) is 4.88. The van der Waals surface area contributed by atoms with Crippen LogP contribution in [0.1, 0.15) is 41.4 Å². The van der Waals surface area contributed by atoms with Gasteiger partial charge < -0.3 is 15.1 Å². The lowest BCUT2D eigenvalue weighted by Gasteiger charge is -2.44. The van der Waals surface area contributed by atoms with Crippen molar-refractivity contribution >= 4 is 11.6 Å². The lowest BCUT2D eigenvalue weighted by molar-refractivity contribution is 0.0939. The van der Waals surface area contributed by atoms with Gasteiger partial charge in [-0.25, -0.2) is 0 Å². The van der Waals surface area contributed by atoms with Crippen LogP contribution in [-0.2, 0) is 13.6 Å². The zero-order chi connectivity index (χ0) is 27.0. The van der Waals surface area contributed by atoms with Gasteiger partial charge >= 0.3 is 0 Å². The summed E-state index contributed by atoms with van der Waals surface area (Å²) in [7, 11) is 6.14. The molecule has 0 radical (unpaired) electrons. The average Bonchev–Trinajstić information content (AvgIpc) is 3.52. The molecule has 8 nitrogen and oxygen atoms in total. The first-order valence-corrected chi connectivity index (χ1v) is 13.2. The second-order valence-corrected chi connectivity index (χ2v) is 10.5. The summed E-state index contributed by atoms with van der Waals surface area (Å²) in [4.78, 5) is 18.1. The van der Waals surface area contributed by atoms with E-state index in [0.717, 1.165) is 58.8 Å². The van der Waals surface area contributed by atoms with Crippen LogP contribution in [0.2, 0.25) is 0 Å². The molecule has 0 saturated carbocycles. The SMILES string of the molecule is CCn1ccc(-c2cc(-c3cnn(C)c3)cc([C@@H](C)NC(=O)c3cc(N4CC(N(C)C)C4)ccc3C)c2)n1. The third-order valence-electron chi connectivity index (χ3n) is 7.53. The highest BCUT2D eigenvalue weighted by Crippen LogP contribution is 2.31. The summed E-state index contributed by atoms with van der Waals surface area (Å²) >= 11 is 0. The Bertz CT molecular complexity index is 1440. The fourth-order valence-electron chi connectivity index (χ4n) is 4.88. The largest absolute Gasteiger partial charge is 0.368 e. The van der Waals surface area contributed by atoms with Gasteiger partial charge in [0.1, 0.15) is 0 Å². The van der Waals surface area contributed by atoms with Crippen LogP contribution in [0, 0.1) is 6.92 Å². The lowest BCUT2D eigenvalue weighted by Crippen LogP contribution is -2.57. The minimum absolute atomic E-state index is 0.0647. The van der Waals surface area contributed by atoms with Crippen LogP contribution in [-0.4, -0.2) is 63.6 Å². The van der Waals surface area contributed by atoms with Crippen molar-refractivity contribution in [3.63, 3.8) is 0 Å². The van der Waals surface area contributed by atoms with Crippen molar-refractivity contribution < 1.29 is 4.79 Å². The smallest absolute Gasteiger partial charge is 0.252 e. The highest BCUT2D eigenvalue weighted by atomic mass is 16.1. The number of rotatable bonds is 8. The first-order valence-electron chi connectivity index (χ1n) is 13.2.